The molecule has 1 aliphatic carbocycles. The first-order valence-electron chi connectivity index (χ1n) is 8.34. The van der Waals surface area contributed by atoms with Crippen molar-refractivity contribution in [3.63, 3.8) is 0 Å². The minimum Gasteiger partial charge on any atom is -0.389 e. The number of rotatable bonds is 8. The number of nitrogens with one attached hydrogen (secondary N) is 1. The normalized spacial score (nSPS) is 34.2. The highest BCUT2D eigenvalue weighted by Crippen LogP contribution is 2.25. The maximum atomic E-state index is 9.96. The summed E-state index contributed by atoms with van der Waals surface area (Å²) in [6.45, 7) is 7.80. The van der Waals surface area contributed by atoms with Gasteiger partial charge >= 0.3 is 0 Å². The fraction of sp³-hybridized carbons (Fsp3) is 0.882. The van der Waals surface area contributed by atoms with Gasteiger partial charge in [-0.1, -0.05) is 19.1 Å². The van der Waals surface area contributed by atoms with Crippen molar-refractivity contribution in [1.29, 1.82) is 0 Å². The Hall–Kier alpha value is -0.420. The highest BCUT2D eigenvalue weighted by molar-refractivity contribution is 4.93. The molecule has 1 aliphatic heterocycles. The number of ether oxygens (including phenoxy) is 2. The summed E-state index contributed by atoms with van der Waals surface area (Å²) in [6, 6.07) is 0. The Morgan fingerprint density at radius 2 is 2.24 bits per heavy atom. The Balaban J connectivity index is 1.53. The molecule has 0 amide bonds. The molecule has 4 atom stereocenters. The van der Waals surface area contributed by atoms with Crippen LogP contribution in [0.3, 0.4) is 0 Å². The van der Waals surface area contributed by atoms with Gasteiger partial charge in [0.1, 0.15) is 0 Å². The van der Waals surface area contributed by atoms with Crippen LogP contribution in [0.4, 0.5) is 0 Å². The molecule has 1 fully saturated rings. The molecular formula is C17H31NO3. The van der Waals surface area contributed by atoms with Gasteiger partial charge in [0.2, 0.25) is 0 Å². The zero-order chi connectivity index (χ0) is 15.1. The molecule has 0 aromatic heterocycles. The largest absolute Gasteiger partial charge is 0.389 e. The zero-order valence-corrected chi connectivity index (χ0v) is 13.5. The first-order valence-corrected chi connectivity index (χ1v) is 8.34. The van der Waals surface area contributed by atoms with Gasteiger partial charge in [-0.05, 0) is 44.4 Å². The van der Waals surface area contributed by atoms with E-state index in [2.05, 4.69) is 31.3 Å². The van der Waals surface area contributed by atoms with Crippen LogP contribution >= 0.6 is 0 Å². The summed E-state index contributed by atoms with van der Waals surface area (Å²) in [4.78, 5) is 0. The summed E-state index contributed by atoms with van der Waals surface area (Å²) in [5.41, 5.74) is -0.0511. The fourth-order valence-electron chi connectivity index (χ4n) is 3.13. The van der Waals surface area contributed by atoms with Crippen LogP contribution in [-0.4, -0.2) is 49.7 Å². The molecule has 1 heterocycles. The molecule has 0 radical (unpaired) electrons. The Labute approximate surface area is 128 Å². The number of hydrogen-bond donors (Lipinski definition) is 2. The van der Waals surface area contributed by atoms with Crippen LogP contribution in [0.25, 0.3) is 0 Å². The van der Waals surface area contributed by atoms with Gasteiger partial charge in [0.05, 0.1) is 24.9 Å². The molecule has 21 heavy (non-hydrogen) atoms. The Morgan fingerprint density at radius 1 is 1.43 bits per heavy atom. The molecule has 4 nitrogen and oxygen atoms in total. The van der Waals surface area contributed by atoms with Gasteiger partial charge in [0.15, 0.2) is 0 Å². The molecular weight excluding hydrogens is 266 g/mol. The van der Waals surface area contributed by atoms with Crippen molar-refractivity contribution >= 4 is 0 Å². The molecule has 0 bridgehead atoms. The summed E-state index contributed by atoms with van der Waals surface area (Å²) >= 11 is 0. The predicted octanol–water partition coefficient (Wildman–Crippen LogP) is 2.12. The van der Waals surface area contributed by atoms with Crippen LogP contribution in [-0.2, 0) is 9.47 Å². The van der Waals surface area contributed by atoms with Crippen molar-refractivity contribution in [2.75, 3.05) is 32.9 Å². The van der Waals surface area contributed by atoms with Crippen molar-refractivity contribution in [2.45, 2.75) is 51.2 Å². The van der Waals surface area contributed by atoms with E-state index in [4.69, 9.17) is 9.47 Å². The minimum absolute atomic E-state index is 0.0511. The van der Waals surface area contributed by atoms with Crippen molar-refractivity contribution in [3.05, 3.63) is 12.2 Å². The molecule has 0 aromatic rings. The number of allylic oxidation sites excluding steroid dienone is 2. The number of aliphatic hydroxyl groups is 1. The SMILES string of the molecule is CC1CC=CCC1COCC(O)CNCC1(C)CCCO1. The smallest absolute Gasteiger partial charge is 0.0897 e. The summed E-state index contributed by atoms with van der Waals surface area (Å²) in [5, 5.41) is 13.3. The number of aliphatic hydroxyl groups excluding tert-OH is 1. The summed E-state index contributed by atoms with van der Waals surface area (Å²) in [7, 11) is 0. The molecule has 4 unspecified atom stereocenters. The van der Waals surface area contributed by atoms with Crippen LogP contribution in [0, 0.1) is 11.8 Å². The first-order chi connectivity index (χ1) is 10.1. The van der Waals surface area contributed by atoms with E-state index in [0.29, 0.717) is 25.0 Å². The second-order valence-corrected chi connectivity index (χ2v) is 6.90. The molecule has 2 rings (SSSR count). The van der Waals surface area contributed by atoms with Crippen molar-refractivity contribution in [3.8, 4) is 0 Å². The Kier molecular flexibility index (Phi) is 6.68. The molecule has 122 valence electrons. The monoisotopic (exact) mass is 297 g/mol. The molecule has 0 spiro atoms. The van der Waals surface area contributed by atoms with E-state index in [-0.39, 0.29) is 5.60 Å². The molecule has 4 heteroatoms. The topological polar surface area (TPSA) is 50.7 Å². The van der Waals surface area contributed by atoms with Gasteiger partial charge < -0.3 is 19.9 Å². The average molecular weight is 297 g/mol. The van der Waals surface area contributed by atoms with E-state index in [1.165, 1.54) is 0 Å². The Bertz CT molecular complexity index is 326. The Morgan fingerprint density at radius 3 is 2.95 bits per heavy atom. The second kappa shape index (κ2) is 8.28. The summed E-state index contributed by atoms with van der Waals surface area (Å²) in [6.07, 6.45) is 8.55. The second-order valence-electron chi connectivity index (χ2n) is 6.90. The van der Waals surface area contributed by atoms with Crippen molar-refractivity contribution < 1.29 is 14.6 Å². The minimum atomic E-state index is -0.440. The number of hydrogen-bond acceptors (Lipinski definition) is 4. The quantitative estimate of drug-likeness (QED) is 0.674. The first kappa shape index (κ1) is 16.9. The van der Waals surface area contributed by atoms with Gasteiger partial charge in [0, 0.05) is 19.7 Å². The van der Waals surface area contributed by atoms with Crippen LogP contribution < -0.4 is 5.32 Å². The van der Waals surface area contributed by atoms with E-state index in [0.717, 1.165) is 45.4 Å². The lowest BCUT2D eigenvalue weighted by Crippen LogP contribution is -2.41. The maximum absolute atomic E-state index is 9.96. The summed E-state index contributed by atoms with van der Waals surface area (Å²) < 4.78 is 11.4. The molecule has 2 aliphatic rings. The van der Waals surface area contributed by atoms with Gasteiger partial charge in [-0.15, -0.1) is 0 Å². The standard InChI is InChI=1S/C17H31NO3/c1-14-6-3-4-7-15(14)11-20-12-16(19)10-18-13-17(2)8-5-9-21-17/h3-4,14-16,18-19H,5-13H2,1-2H3. The van der Waals surface area contributed by atoms with Gasteiger partial charge in [-0.3, -0.25) is 0 Å². The lowest BCUT2D eigenvalue weighted by molar-refractivity contribution is 0.00160. The molecule has 2 N–H and O–H groups in total. The summed E-state index contributed by atoms with van der Waals surface area (Å²) in [5.74, 6) is 1.28. The van der Waals surface area contributed by atoms with E-state index in [9.17, 15) is 5.11 Å². The highest BCUT2D eigenvalue weighted by Gasteiger charge is 2.29. The lowest BCUT2D eigenvalue weighted by Gasteiger charge is -2.26. The third-order valence-electron chi connectivity index (χ3n) is 4.74. The molecule has 0 aromatic carbocycles. The lowest BCUT2D eigenvalue weighted by atomic mass is 9.85. The molecule has 1 saturated heterocycles. The van der Waals surface area contributed by atoms with Crippen LogP contribution in [0.15, 0.2) is 12.2 Å². The molecule has 0 saturated carbocycles. The zero-order valence-electron chi connectivity index (χ0n) is 13.5. The fourth-order valence-corrected chi connectivity index (χ4v) is 3.13. The third kappa shape index (κ3) is 5.70. The van der Waals surface area contributed by atoms with E-state index in [1.807, 2.05) is 0 Å². The van der Waals surface area contributed by atoms with E-state index in [1.54, 1.807) is 0 Å². The van der Waals surface area contributed by atoms with E-state index < -0.39 is 6.10 Å². The average Bonchev–Trinajstić information content (AvgIpc) is 2.88. The highest BCUT2D eigenvalue weighted by atomic mass is 16.5. The van der Waals surface area contributed by atoms with Gasteiger partial charge in [-0.2, -0.15) is 0 Å². The predicted molar refractivity (Wildman–Crippen MR) is 84.3 cm³/mol. The van der Waals surface area contributed by atoms with Crippen LogP contribution in [0.1, 0.15) is 39.5 Å². The van der Waals surface area contributed by atoms with Crippen molar-refractivity contribution in [1.82, 2.24) is 5.32 Å². The maximum Gasteiger partial charge on any atom is 0.0897 e. The van der Waals surface area contributed by atoms with Crippen LogP contribution in [0.2, 0.25) is 0 Å². The van der Waals surface area contributed by atoms with Gasteiger partial charge in [0.25, 0.3) is 0 Å². The van der Waals surface area contributed by atoms with Crippen LogP contribution in [0.5, 0.6) is 0 Å². The van der Waals surface area contributed by atoms with Crippen molar-refractivity contribution in [2.24, 2.45) is 11.8 Å². The van der Waals surface area contributed by atoms with E-state index >= 15 is 0 Å². The third-order valence-corrected chi connectivity index (χ3v) is 4.74. The van der Waals surface area contributed by atoms with Gasteiger partial charge in [-0.25, -0.2) is 0 Å².